The summed E-state index contributed by atoms with van der Waals surface area (Å²) < 4.78 is 0. The highest BCUT2D eigenvalue weighted by Gasteiger charge is 2.19. The van der Waals surface area contributed by atoms with Gasteiger partial charge in [0.05, 0.1) is 0 Å². The number of halogens is 1. The van der Waals surface area contributed by atoms with Crippen molar-refractivity contribution in [2.75, 3.05) is 0 Å². The fourth-order valence-corrected chi connectivity index (χ4v) is 2.70. The van der Waals surface area contributed by atoms with E-state index in [-0.39, 0.29) is 18.3 Å². The second-order valence-corrected chi connectivity index (χ2v) is 5.61. The summed E-state index contributed by atoms with van der Waals surface area (Å²) in [7, 11) is 0. The molecule has 1 saturated carbocycles. The number of hydrogen-bond acceptors (Lipinski definition) is 2. The van der Waals surface area contributed by atoms with E-state index in [9.17, 15) is 4.79 Å². The topological polar surface area (TPSA) is 55.1 Å². The van der Waals surface area contributed by atoms with Crippen molar-refractivity contribution in [3.8, 4) is 0 Å². The largest absolute Gasteiger partial charge is 0.353 e. The van der Waals surface area contributed by atoms with E-state index in [0.717, 1.165) is 32.1 Å². The maximum atomic E-state index is 11.9. The summed E-state index contributed by atoms with van der Waals surface area (Å²) >= 11 is 0. The number of hydrogen-bond donors (Lipinski definition) is 2. The number of rotatable bonds is 4. The van der Waals surface area contributed by atoms with E-state index >= 15 is 0 Å². The standard InChI is InChI=1S/C16H24N2O.ClH/c1-12-4-2-3-5-13(12)6-11-16(19)18-15-9-7-14(17)8-10-15;/h2-5,14-15H,6-11,17H2,1H3,(H,18,19);1H. The zero-order chi connectivity index (χ0) is 13.7. The Hall–Kier alpha value is -1.06. The lowest BCUT2D eigenvalue weighted by Gasteiger charge is -2.26. The smallest absolute Gasteiger partial charge is 0.220 e. The normalized spacial score (nSPS) is 21.9. The van der Waals surface area contributed by atoms with E-state index in [1.165, 1.54) is 11.1 Å². The van der Waals surface area contributed by atoms with E-state index in [4.69, 9.17) is 5.73 Å². The van der Waals surface area contributed by atoms with Gasteiger partial charge in [-0.25, -0.2) is 0 Å². The van der Waals surface area contributed by atoms with E-state index < -0.39 is 0 Å². The number of carbonyl (C=O) groups is 1. The molecule has 112 valence electrons. The highest BCUT2D eigenvalue weighted by atomic mass is 35.5. The van der Waals surface area contributed by atoms with Crippen molar-refractivity contribution in [1.29, 1.82) is 0 Å². The molecular formula is C16H25ClN2O. The zero-order valence-electron chi connectivity index (χ0n) is 12.1. The lowest BCUT2D eigenvalue weighted by molar-refractivity contribution is -0.122. The Balaban J connectivity index is 0.00000200. The van der Waals surface area contributed by atoms with Gasteiger partial charge in [0.25, 0.3) is 0 Å². The maximum absolute atomic E-state index is 11.9. The minimum Gasteiger partial charge on any atom is -0.353 e. The molecule has 3 nitrogen and oxygen atoms in total. The minimum absolute atomic E-state index is 0. The average molecular weight is 297 g/mol. The van der Waals surface area contributed by atoms with Gasteiger partial charge < -0.3 is 11.1 Å². The summed E-state index contributed by atoms with van der Waals surface area (Å²) in [5, 5.41) is 3.13. The first-order valence-corrected chi connectivity index (χ1v) is 7.24. The maximum Gasteiger partial charge on any atom is 0.220 e. The summed E-state index contributed by atoms with van der Waals surface area (Å²) in [6.07, 6.45) is 5.51. The molecule has 0 spiro atoms. The van der Waals surface area contributed by atoms with Crippen molar-refractivity contribution in [1.82, 2.24) is 5.32 Å². The van der Waals surface area contributed by atoms with E-state index in [2.05, 4.69) is 24.4 Å². The third kappa shape index (κ3) is 5.14. The summed E-state index contributed by atoms with van der Waals surface area (Å²) in [4.78, 5) is 11.9. The quantitative estimate of drug-likeness (QED) is 0.897. The second-order valence-electron chi connectivity index (χ2n) is 5.61. The van der Waals surface area contributed by atoms with Gasteiger partial charge in [-0.15, -0.1) is 12.4 Å². The molecule has 0 radical (unpaired) electrons. The summed E-state index contributed by atoms with van der Waals surface area (Å²) in [6, 6.07) is 8.93. The summed E-state index contributed by atoms with van der Waals surface area (Å²) in [6.45, 7) is 2.09. The van der Waals surface area contributed by atoms with Gasteiger partial charge in [0, 0.05) is 18.5 Å². The van der Waals surface area contributed by atoms with Crippen LogP contribution in [0.3, 0.4) is 0 Å². The monoisotopic (exact) mass is 296 g/mol. The molecule has 0 saturated heterocycles. The minimum atomic E-state index is 0. The molecule has 4 heteroatoms. The third-order valence-corrected chi connectivity index (χ3v) is 4.02. The van der Waals surface area contributed by atoms with Crippen LogP contribution in [0.15, 0.2) is 24.3 Å². The molecule has 2 rings (SSSR count). The Morgan fingerprint density at radius 3 is 2.55 bits per heavy atom. The Morgan fingerprint density at radius 2 is 1.90 bits per heavy atom. The van der Waals surface area contributed by atoms with Crippen molar-refractivity contribution in [2.45, 2.75) is 57.5 Å². The van der Waals surface area contributed by atoms with Crippen LogP contribution in [0.2, 0.25) is 0 Å². The predicted molar refractivity (Wildman–Crippen MR) is 85.1 cm³/mol. The summed E-state index contributed by atoms with van der Waals surface area (Å²) in [5.41, 5.74) is 8.40. The Labute approximate surface area is 127 Å². The lowest BCUT2D eigenvalue weighted by Crippen LogP contribution is -2.40. The second kappa shape index (κ2) is 8.28. The van der Waals surface area contributed by atoms with Crippen LogP contribution in [0.25, 0.3) is 0 Å². The predicted octanol–water partition coefficient (Wildman–Crippen LogP) is 2.74. The lowest BCUT2D eigenvalue weighted by atomic mass is 9.91. The van der Waals surface area contributed by atoms with Gasteiger partial charge >= 0.3 is 0 Å². The highest BCUT2D eigenvalue weighted by Crippen LogP contribution is 2.17. The van der Waals surface area contributed by atoms with Crippen molar-refractivity contribution in [2.24, 2.45) is 5.73 Å². The molecule has 1 fully saturated rings. The Morgan fingerprint density at radius 1 is 1.25 bits per heavy atom. The van der Waals surface area contributed by atoms with Gasteiger partial charge in [-0.2, -0.15) is 0 Å². The van der Waals surface area contributed by atoms with Gasteiger partial charge in [0.2, 0.25) is 5.91 Å². The van der Waals surface area contributed by atoms with Gasteiger partial charge in [-0.3, -0.25) is 4.79 Å². The number of nitrogens with two attached hydrogens (primary N) is 1. The Bertz CT molecular complexity index is 428. The molecule has 0 bridgehead atoms. The molecule has 0 atom stereocenters. The third-order valence-electron chi connectivity index (χ3n) is 4.02. The van der Waals surface area contributed by atoms with E-state index in [0.29, 0.717) is 18.5 Å². The number of nitrogens with one attached hydrogen (secondary N) is 1. The van der Waals surface area contributed by atoms with Crippen LogP contribution < -0.4 is 11.1 Å². The number of aryl methyl sites for hydroxylation is 2. The van der Waals surface area contributed by atoms with Gasteiger partial charge in [-0.05, 0) is 50.2 Å². The van der Waals surface area contributed by atoms with Crippen molar-refractivity contribution < 1.29 is 4.79 Å². The van der Waals surface area contributed by atoms with E-state index in [1.807, 2.05) is 12.1 Å². The molecule has 0 unspecified atom stereocenters. The number of benzene rings is 1. The van der Waals surface area contributed by atoms with Gasteiger partial charge in [0.15, 0.2) is 0 Å². The zero-order valence-corrected chi connectivity index (χ0v) is 12.9. The van der Waals surface area contributed by atoms with Crippen LogP contribution >= 0.6 is 12.4 Å². The van der Waals surface area contributed by atoms with Gasteiger partial charge in [-0.1, -0.05) is 24.3 Å². The van der Waals surface area contributed by atoms with E-state index in [1.54, 1.807) is 0 Å². The molecule has 0 aliphatic heterocycles. The van der Waals surface area contributed by atoms with Crippen LogP contribution in [-0.2, 0) is 11.2 Å². The molecular weight excluding hydrogens is 272 g/mol. The number of amides is 1. The molecule has 1 amide bonds. The van der Waals surface area contributed by atoms with Crippen molar-refractivity contribution in [3.63, 3.8) is 0 Å². The van der Waals surface area contributed by atoms with Gasteiger partial charge in [0.1, 0.15) is 0 Å². The molecule has 20 heavy (non-hydrogen) atoms. The van der Waals surface area contributed by atoms with Crippen LogP contribution in [0.1, 0.15) is 43.2 Å². The molecule has 0 aromatic heterocycles. The summed E-state index contributed by atoms with van der Waals surface area (Å²) in [5.74, 6) is 0.170. The first-order chi connectivity index (χ1) is 9.15. The highest BCUT2D eigenvalue weighted by molar-refractivity contribution is 5.85. The fraction of sp³-hybridized carbons (Fsp3) is 0.562. The first kappa shape index (κ1) is 17.0. The van der Waals surface area contributed by atoms with Crippen molar-refractivity contribution >= 4 is 18.3 Å². The van der Waals surface area contributed by atoms with Crippen LogP contribution in [0.5, 0.6) is 0 Å². The Kier molecular flexibility index (Phi) is 7.03. The SMILES string of the molecule is Cc1ccccc1CCC(=O)NC1CCC(N)CC1.Cl. The molecule has 3 N–H and O–H groups in total. The number of carbonyl (C=O) groups excluding carboxylic acids is 1. The molecule has 1 aromatic carbocycles. The molecule has 0 heterocycles. The van der Waals surface area contributed by atoms with Crippen LogP contribution in [-0.4, -0.2) is 18.0 Å². The molecule has 1 aliphatic carbocycles. The molecule has 1 aromatic rings. The molecule has 1 aliphatic rings. The average Bonchev–Trinajstić information content (AvgIpc) is 2.40. The first-order valence-electron chi connectivity index (χ1n) is 7.24. The van der Waals surface area contributed by atoms with Crippen LogP contribution in [0.4, 0.5) is 0 Å². The van der Waals surface area contributed by atoms with Crippen molar-refractivity contribution in [3.05, 3.63) is 35.4 Å². The fourth-order valence-electron chi connectivity index (χ4n) is 2.70. The van der Waals surface area contributed by atoms with Crippen LogP contribution in [0, 0.1) is 6.92 Å².